The Morgan fingerprint density at radius 2 is 2.08 bits per heavy atom. The number of para-hydroxylation sites is 1. The molecule has 0 aliphatic carbocycles. The van der Waals surface area contributed by atoms with Gasteiger partial charge in [0.05, 0.1) is 4.92 Å². The van der Waals surface area contributed by atoms with E-state index in [4.69, 9.17) is 0 Å². The fraction of sp³-hybridized carbons (Fsp3) is 0. The topological polar surface area (TPSA) is 43.1 Å². The number of hydrogen-bond acceptors (Lipinski definition) is 2. The van der Waals surface area contributed by atoms with Crippen LogP contribution in [-0.2, 0) is 0 Å². The molecule has 0 saturated carbocycles. The summed E-state index contributed by atoms with van der Waals surface area (Å²) in [6.07, 6.45) is 0. The molecule has 0 aromatic heterocycles. The van der Waals surface area contributed by atoms with Gasteiger partial charge in [0.2, 0.25) is 0 Å². The maximum absolute atomic E-state index is 10.4. The van der Waals surface area contributed by atoms with E-state index in [-0.39, 0.29) is 5.69 Å². The highest BCUT2D eigenvalue weighted by molar-refractivity contribution is 9.12. The van der Waals surface area contributed by atoms with E-state index in [0.717, 1.165) is 0 Å². The summed E-state index contributed by atoms with van der Waals surface area (Å²) in [7, 11) is 0. The molecule has 0 radical (unpaired) electrons. The Hall–Kier alpha value is -1.34. The molecule has 0 spiro atoms. The monoisotopic (exact) mass is 225 g/mol. The Labute approximate surface area is 77.7 Å². The minimum absolute atomic E-state index is 0.0319. The molecule has 1 aromatic rings. The minimum atomic E-state index is -0.452. The second-order valence-corrected chi connectivity index (χ2v) is 2.39. The van der Waals surface area contributed by atoms with Crippen LogP contribution in [0.15, 0.2) is 24.3 Å². The van der Waals surface area contributed by atoms with Crippen molar-refractivity contribution in [1.82, 2.24) is 0 Å². The van der Waals surface area contributed by atoms with Crippen molar-refractivity contribution >= 4 is 21.6 Å². The summed E-state index contributed by atoms with van der Waals surface area (Å²) in [5.41, 5.74) is 0.448. The lowest BCUT2D eigenvalue weighted by Gasteiger charge is -1.92. The van der Waals surface area contributed by atoms with Crippen molar-refractivity contribution in [3.63, 3.8) is 0 Å². The molecule has 0 N–H and O–H groups in total. The van der Waals surface area contributed by atoms with Crippen LogP contribution in [0.25, 0.3) is 0 Å². The highest BCUT2D eigenvalue weighted by Gasteiger charge is 2.08. The van der Waals surface area contributed by atoms with E-state index in [1.165, 1.54) is 6.07 Å². The molecule has 4 heteroatoms. The third-order valence-corrected chi connectivity index (χ3v) is 1.48. The van der Waals surface area contributed by atoms with Gasteiger partial charge in [0, 0.05) is 22.0 Å². The third-order valence-electron chi connectivity index (χ3n) is 1.28. The van der Waals surface area contributed by atoms with Crippen LogP contribution in [0.2, 0.25) is 0 Å². The molecule has 0 fully saturated rings. The zero-order valence-corrected chi connectivity index (χ0v) is 7.54. The first-order chi connectivity index (χ1) is 5.75. The molecule has 12 heavy (non-hydrogen) atoms. The number of nitrogens with zero attached hydrogens (tertiary/aromatic N) is 1. The van der Waals surface area contributed by atoms with E-state index in [0.29, 0.717) is 5.56 Å². The lowest BCUT2D eigenvalue weighted by Crippen LogP contribution is -1.90. The quantitative estimate of drug-likeness (QED) is 0.419. The number of rotatable bonds is 1. The van der Waals surface area contributed by atoms with Crippen LogP contribution in [0.3, 0.4) is 0 Å². The zero-order valence-electron chi connectivity index (χ0n) is 5.95. The largest absolute Gasteiger partial charge is 0.284 e. The summed E-state index contributed by atoms with van der Waals surface area (Å²) < 4.78 is 0. The maximum Gasteiger partial charge on any atom is 0.284 e. The number of hydrogen-bond donors (Lipinski definition) is 0. The molecule has 3 nitrogen and oxygen atoms in total. The molecular formula is C8H4BrNO2. The lowest BCUT2D eigenvalue weighted by atomic mass is 10.2. The van der Waals surface area contributed by atoms with Crippen LogP contribution < -0.4 is 0 Å². The third kappa shape index (κ3) is 1.83. The van der Waals surface area contributed by atoms with E-state index in [2.05, 4.69) is 26.7 Å². The Bertz CT molecular complexity index is 365. The predicted octanol–water partition coefficient (Wildman–Crippen LogP) is 2.30. The van der Waals surface area contributed by atoms with Gasteiger partial charge in [-0.3, -0.25) is 10.1 Å². The van der Waals surface area contributed by atoms with Gasteiger partial charge in [0.25, 0.3) is 5.69 Å². The zero-order chi connectivity index (χ0) is 8.97. The van der Waals surface area contributed by atoms with Crippen LogP contribution >= 0.6 is 15.9 Å². The molecule has 0 unspecified atom stereocenters. The number of nitro groups is 1. The van der Waals surface area contributed by atoms with Crippen molar-refractivity contribution in [3.8, 4) is 10.8 Å². The van der Waals surface area contributed by atoms with Crippen LogP contribution in [0.4, 0.5) is 5.69 Å². The van der Waals surface area contributed by atoms with Gasteiger partial charge in [-0.15, -0.1) is 0 Å². The normalized spacial score (nSPS) is 8.42. The van der Waals surface area contributed by atoms with Gasteiger partial charge >= 0.3 is 0 Å². The van der Waals surface area contributed by atoms with Gasteiger partial charge < -0.3 is 0 Å². The van der Waals surface area contributed by atoms with E-state index in [1.807, 2.05) is 0 Å². The van der Waals surface area contributed by atoms with Crippen LogP contribution in [0.1, 0.15) is 5.56 Å². The maximum atomic E-state index is 10.4. The fourth-order valence-electron chi connectivity index (χ4n) is 0.789. The highest BCUT2D eigenvalue weighted by Crippen LogP contribution is 2.15. The van der Waals surface area contributed by atoms with Gasteiger partial charge in [-0.1, -0.05) is 12.1 Å². The standard InChI is InChI=1S/C8H4BrNO2/c9-6-5-7-3-1-2-4-8(7)10(11)12/h1-4H. The van der Waals surface area contributed by atoms with Crippen LogP contribution in [0.5, 0.6) is 0 Å². The molecule has 0 aliphatic rings. The molecule has 1 rings (SSSR count). The summed E-state index contributed by atoms with van der Waals surface area (Å²) in [5, 5.41) is 10.4. The first kappa shape index (κ1) is 8.75. The molecule has 60 valence electrons. The average molecular weight is 226 g/mol. The van der Waals surface area contributed by atoms with Crippen molar-refractivity contribution in [1.29, 1.82) is 0 Å². The van der Waals surface area contributed by atoms with Crippen LogP contribution in [-0.4, -0.2) is 4.92 Å². The highest BCUT2D eigenvalue weighted by atomic mass is 79.9. The van der Waals surface area contributed by atoms with Crippen molar-refractivity contribution in [2.24, 2.45) is 0 Å². The minimum Gasteiger partial charge on any atom is -0.258 e. The molecule has 0 heterocycles. The first-order valence-electron chi connectivity index (χ1n) is 3.11. The van der Waals surface area contributed by atoms with Gasteiger partial charge in [-0.25, -0.2) is 0 Å². The van der Waals surface area contributed by atoms with Crippen LogP contribution in [0, 0.1) is 20.9 Å². The number of nitro benzene ring substituents is 1. The van der Waals surface area contributed by atoms with Crippen molar-refractivity contribution in [2.45, 2.75) is 0 Å². The summed E-state index contributed by atoms with van der Waals surface area (Å²) in [6.45, 7) is 0. The predicted molar refractivity (Wildman–Crippen MR) is 48.9 cm³/mol. The summed E-state index contributed by atoms with van der Waals surface area (Å²) in [5.74, 6) is 2.58. The Morgan fingerprint density at radius 1 is 1.42 bits per heavy atom. The molecule has 0 aliphatic heterocycles. The van der Waals surface area contributed by atoms with Gasteiger partial charge in [0.15, 0.2) is 0 Å². The summed E-state index contributed by atoms with van der Waals surface area (Å²) >= 11 is 2.89. The molecular weight excluding hydrogens is 222 g/mol. The second-order valence-electron chi connectivity index (χ2n) is 1.99. The SMILES string of the molecule is O=[N+]([O-])c1ccccc1C#CBr. The molecule has 0 amide bonds. The average Bonchev–Trinajstić information content (AvgIpc) is 2.05. The summed E-state index contributed by atoms with van der Waals surface area (Å²) in [6, 6.07) is 6.34. The van der Waals surface area contributed by atoms with E-state index < -0.39 is 4.92 Å². The molecule has 0 bridgehead atoms. The van der Waals surface area contributed by atoms with Crippen molar-refractivity contribution in [3.05, 3.63) is 39.9 Å². The molecule has 1 aromatic carbocycles. The fourth-order valence-corrected chi connectivity index (χ4v) is 1.00. The molecule has 0 saturated heterocycles. The van der Waals surface area contributed by atoms with E-state index in [1.54, 1.807) is 18.2 Å². The Balaban J connectivity index is 3.23. The number of halogens is 1. The van der Waals surface area contributed by atoms with Gasteiger partial charge in [-0.05, 0) is 16.8 Å². The van der Waals surface area contributed by atoms with Crippen molar-refractivity contribution in [2.75, 3.05) is 0 Å². The van der Waals surface area contributed by atoms with Gasteiger partial charge in [-0.2, -0.15) is 0 Å². The van der Waals surface area contributed by atoms with Crippen molar-refractivity contribution < 1.29 is 4.92 Å². The smallest absolute Gasteiger partial charge is 0.258 e. The second kappa shape index (κ2) is 3.88. The Morgan fingerprint density at radius 3 is 2.67 bits per heavy atom. The lowest BCUT2D eigenvalue weighted by molar-refractivity contribution is -0.385. The van der Waals surface area contributed by atoms with E-state index in [9.17, 15) is 10.1 Å². The van der Waals surface area contributed by atoms with E-state index >= 15 is 0 Å². The number of benzene rings is 1. The Kier molecular flexibility index (Phi) is 2.83. The molecule has 0 atom stereocenters. The van der Waals surface area contributed by atoms with Gasteiger partial charge in [0.1, 0.15) is 5.56 Å². The first-order valence-corrected chi connectivity index (χ1v) is 3.90. The summed E-state index contributed by atoms with van der Waals surface area (Å²) in [4.78, 5) is 12.4.